The van der Waals surface area contributed by atoms with Crippen molar-refractivity contribution in [1.82, 2.24) is 9.55 Å². The summed E-state index contributed by atoms with van der Waals surface area (Å²) in [5, 5.41) is 2.43. The Labute approximate surface area is 193 Å². The molecule has 2 rings (SSSR count). The molecular formula is C22H35N3O8. The fraction of sp³-hybridized carbons (Fsp3) is 0.727. The standard InChI is InChI=1S/C22H35N3O8/c1-3-5-7-9-13-29-21(27)24-17-11-12-25(20(26)23-17)18-15-31-19(33-18)16-32-22(28)30-14-10-8-6-4-2/h11-12,18-19H,3-10,13-16H2,1-2H3,(H,23,24,26,27)/t18-,19-/m0/s1. The van der Waals surface area contributed by atoms with Gasteiger partial charge in [0.2, 0.25) is 0 Å². The minimum absolute atomic E-state index is 0.0776. The number of aromatic nitrogens is 2. The van der Waals surface area contributed by atoms with Gasteiger partial charge in [-0.05, 0) is 18.9 Å². The Kier molecular flexibility index (Phi) is 12.3. The number of nitrogens with zero attached hydrogens (tertiary/aromatic N) is 2. The molecule has 33 heavy (non-hydrogen) atoms. The summed E-state index contributed by atoms with van der Waals surface area (Å²) in [5.41, 5.74) is -0.627. The van der Waals surface area contributed by atoms with Crippen molar-refractivity contribution in [3.8, 4) is 0 Å². The van der Waals surface area contributed by atoms with E-state index in [2.05, 4.69) is 24.1 Å². The highest BCUT2D eigenvalue weighted by Gasteiger charge is 2.29. The molecule has 11 heteroatoms. The van der Waals surface area contributed by atoms with E-state index < -0.39 is 30.5 Å². The minimum Gasteiger partial charge on any atom is -0.449 e. The number of carbonyl (C=O) groups is 2. The van der Waals surface area contributed by atoms with Crippen molar-refractivity contribution in [1.29, 1.82) is 0 Å². The Morgan fingerprint density at radius 3 is 2.42 bits per heavy atom. The van der Waals surface area contributed by atoms with Crippen LogP contribution in [0, 0.1) is 0 Å². The van der Waals surface area contributed by atoms with Crippen LogP contribution < -0.4 is 11.0 Å². The molecule has 0 radical (unpaired) electrons. The molecular weight excluding hydrogens is 434 g/mol. The summed E-state index contributed by atoms with van der Waals surface area (Å²) in [6, 6.07) is 1.46. The van der Waals surface area contributed by atoms with Crippen LogP contribution in [0.4, 0.5) is 15.4 Å². The van der Waals surface area contributed by atoms with Gasteiger partial charge in [0.25, 0.3) is 0 Å². The number of rotatable bonds is 14. The molecule has 1 amide bonds. The number of ether oxygens (including phenoxy) is 5. The second kappa shape index (κ2) is 15.2. The molecule has 0 aliphatic carbocycles. The van der Waals surface area contributed by atoms with Crippen LogP contribution >= 0.6 is 0 Å². The summed E-state index contributed by atoms with van der Waals surface area (Å²) in [5.74, 6) is 0.0790. The topological polar surface area (TPSA) is 127 Å². The summed E-state index contributed by atoms with van der Waals surface area (Å²) in [7, 11) is 0. The summed E-state index contributed by atoms with van der Waals surface area (Å²) in [6.07, 6.45) is 6.40. The molecule has 0 saturated carbocycles. The lowest BCUT2D eigenvalue weighted by molar-refractivity contribution is -0.108. The first-order valence-electron chi connectivity index (χ1n) is 11.6. The number of unbranched alkanes of at least 4 members (excludes halogenated alkanes) is 6. The SMILES string of the molecule is CCCCCCOC(=O)Nc1ccn([C@@H]2CO[C@H](COC(=O)OCCCCCC)O2)c(=O)n1. The average Bonchev–Trinajstić information content (AvgIpc) is 3.26. The molecule has 1 aliphatic rings. The third-order valence-electron chi connectivity index (χ3n) is 4.89. The first-order valence-corrected chi connectivity index (χ1v) is 11.6. The van der Waals surface area contributed by atoms with E-state index in [1.165, 1.54) is 16.8 Å². The Hall–Kier alpha value is -2.66. The van der Waals surface area contributed by atoms with Gasteiger partial charge >= 0.3 is 17.9 Å². The molecule has 1 N–H and O–H groups in total. The fourth-order valence-corrected chi connectivity index (χ4v) is 3.07. The maximum Gasteiger partial charge on any atom is 0.508 e. The maximum atomic E-state index is 12.3. The van der Waals surface area contributed by atoms with Gasteiger partial charge in [0.15, 0.2) is 12.5 Å². The summed E-state index contributed by atoms with van der Waals surface area (Å²) in [4.78, 5) is 39.6. The molecule has 1 aromatic rings. The number of amides is 1. The fourth-order valence-electron chi connectivity index (χ4n) is 3.07. The van der Waals surface area contributed by atoms with E-state index in [-0.39, 0.29) is 19.0 Å². The molecule has 11 nitrogen and oxygen atoms in total. The van der Waals surface area contributed by atoms with Crippen LogP contribution in [-0.4, -0.2) is 54.5 Å². The molecule has 186 valence electrons. The molecule has 1 saturated heterocycles. The Balaban J connectivity index is 1.71. The highest BCUT2D eigenvalue weighted by atomic mass is 16.8. The van der Waals surface area contributed by atoms with Crippen LogP contribution in [0.15, 0.2) is 17.1 Å². The van der Waals surface area contributed by atoms with E-state index in [1.54, 1.807) is 0 Å². The maximum absolute atomic E-state index is 12.3. The van der Waals surface area contributed by atoms with Gasteiger partial charge in [-0.2, -0.15) is 4.98 Å². The van der Waals surface area contributed by atoms with Crippen LogP contribution in [-0.2, 0) is 23.7 Å². The molecule has 0 spiro atoms. The van der Waals surface area contributed by atoms with Gasteiger partial charge in [-0.1, -0.05) is 52.4 Å². The summed E-state index contributed by atoms with van der Waals surface area (Å²) >= 11 is 0. The largest absolute Gasteiger partial charge is 0.508 e. The molecule has 1 fully saturated rings. The molecule has 0 aromatic carbocycles. The summed E-state index contributed by atoms with van der Waals surface area (Å²) < 4.78 is 27.3. The average molecular weight is 470 g/mol. The van der Waals surface area contributed by atoms with E-state index in [1.807, 2.05) is 0 Å². The zero-order chi connectivity index (χ0) is 23.9. The van der Waals surface area contributed by atoms with Crippen molar-refractivity contribution in [2.24, 2.45) is 0 Å². The highest BCUT2D eigenvalue weighted by molar-refractivity contribution is 5.83. The smallest absolute Gasteiger partial charge is 0.449 e. The van der Waals surface area contributed by atoms with Crippen molar-refractivity contribution in [3.63, 3.8) is 0 Å². The van der Waals surface area contributed by atoms with Crippen molar-refractivity contribution in [3.05, 3.63) is 22.7 Å². The van der Waals surface area contributed by atoms with Gasteiger partial charge in [0, 0.05) is 6.20 Å². The van der Waals surface area contributed by atoms with E-state index in [4.69, 9.17) is 23.7 Å². The Bertz CT molecular complexity index is 785. The lowest BCUT2D eigenvalue weighted by atomic mass is 10.2. The first-order chi connectivity index (χ1) is 16.0. The monoisotopic (exact) mass is 469 g/mol. The van der Waals surface area contributed by atoms with Crippen LogP contribution in [0.25, 0.3) is 0 Å². The van der Waals surface area contributed by atoms with Crippen molar-refractivity contribution in [2.75, 3.05) is 31.7 Å². The number of hydrogen-bond acceptors (Lipinski definition) is 9. The second-order valence-electron chi connectivity index (χ2n) is 7.65. The molecule has 2 atom stereocenters. The molecule has 0 bridgehead atoms. The molecule has 1 aliphatic heterocycles. The lowest BCUT2D eigenvalue weighted by Crippen LogP contribution is -2.29. The van der Waals surface area contributed by atoms with Gasteiger partial charge in [0.05, 0.1) is 19.8 Å². The Morgan fingerprint density at radius 1 is 1.06 bits per heavy atom. The number of anilines is 1. The number of hydrogen-bond donors (Lipinski definition) is 1. The van der Waals surface area contributed by atoms with Crippen LogP contribution in [0.1, 0.15) is 71.4 Å². The van der Waals surface area contributed by atoms with Gasteiger partial charge in [-0.3, -0.25) is 9.88 Å². The molecule has 0 unspecified atom stereocenters. The third-order valence-corrected chi connectivity index (χ3v) is 4.89. The van der Waals surface area contributed by atoms with Gasteiger partial charge in [-0.25, -0.2) is 14.4 Å². The van der Waals surface area contributed by atoms with E-state index in [0.29, 0.717) is 13.2 Å². The van der Waals surface area contributed by atoms with E-state index >= 15 is 0 Å². The Morgan fingerprint density at radius 2 is 1.76 bits per heavy atom. The summed E-state index contributed by atoms with van der Waals surface area (Å²) in [6.45, 7) is 4.75. The van der Waals surface area contributed by atoms with Gasteiger partial charge < -0.3 is 23.7 Å². The predicted molar refractivity (Wildman–Crippen MR) is 119 cm³/mol. The second-order valence-corrected chi connectivity index (χ2v) is 7.65. The third kappa shape index (κ3) is 10.2. The van der Waals surface area contributed by atoms with Crippen LogP contribution in [0.5, 0.6) is 0 Å². The molecule has 1 aromatic heterocycles. The predicted octanol–water partition coefficient (Wildman–Crippen LogP) is 3.98. The highest BCUT2D eigenvalue weighted by Crippen LogP contribution is 2.20. The van der Waals surface area contributed by atoms with E-state index in [0.717, 1.165) is 51.4 Å². The quantitative estimate of drug-likeness (QED) is 0.318. The van der Waals surface area contributed by atoms with E-state index in [9.17, 15) is 14.4 Å². The van der Waals surface area contributed by atoms with Crippen LogP contribution in [0.2, 0.25) is 0 Å². The number of carbonyl (C=O) groups excluding carboxylic acids is 2. The first kappa shape index (κ1) is 26.6. The van der Waals surface area contributed by atoms with Crippen LogP contribution in [0.3, 0.4) is 0 Å². The zero-order valence-corrected chi connectivity index (χ0v) is 19.5. The normalized spacial score (nSPS) is 17.5. The van der Waals surface area contributed by atoms with Crippen molar-refractivity contribution < 1.29 is 33.3 Å². The van der Waals surface area contributed by atoms with Gasteiger partial charge in [0.1, 0.15) is 12.4 Å². The van der Waals surface area contributed by atoms with Gasteiger partial charge in [-0.15, -0.1) is 0 Å². The molecule has 2 heterocycles. The zero-order valence-electron chi connectivity index (χ0n) is 19.5. The minimum atomic E-state index is -0.824. The number of nitrogens with one attached hydrogen (secondary N) is 1. The van der Waals surface area contributed by atoms with Crippen molar-refractivity contribution >= 4 is 18.1 Å². The van der Waals surface area contributed by atoms with Crippen molar-refractivity contribution in [2.45, 2.75) is 77.7 Å². The lowest BCUT2D eigenvalue weighted by Gasteiger charge is -2.14.